The standard InChI is InChI=1S/C55H65N3O4/c1-30-22-36-16-18-44-38-25-39-29-58(44)50(36)49-40-19-20-53-46(27-35-15-17-43(39)57(28-38)31(35)2)61-52(60)54(53)42(40)26-37(47(30)49)24-33-10-5-9-32(23-33)8-3-4-14-45(54)55(53)41-13-6-11-34(12-7-21-56)48(41)51(59)62-55/h5-6,9-11,13,23,27,30-31,35,37-39,43-45,47,49H,3-4,7-8,12,14-22,24-26,28-29,56H2,1-2H3. The van der Waals surface area contributed by atoms with Gasteiger partial charge in [-0.05, 0) is 168 Å². The van der Waals surface area contributed by atoms with Crippen LogP contribution in [-0.2, 0) is 39.1 Å². The highest BCUT2D eigenvalue weighted by atomic mass is 16.6. The molecule has 2 aromatic rings. The predicted octanol–water partition coefficient (Wildman–Crippen LogP) is 9.19. The topological polar surface area (TPSA) is 85.1 Å². The Balaban J connectivity index is 1.07. The third-order valence-electron chi connectivity index (χ3n) is 20.7. The van der Waals surface area contributed by atoms with E-state index >= 15 is 4.79 Å². The van der Waals surface area contributed by atoms with Crippen LogP contribution in [0.3, 0.4) is 0 Å². The van der Waals surface area contributed by atoms with Gasteiger partial charge >= 0.3 is 11.9 Å². The highest BCUT2D eigenvalue weighted by molar-refractivity contribution is 6.00. The Morgan fingerprint density at radius 1 is 0.871 bits per heavy atom. The Kier molecular flexibility index (Phi) is 7.89. The second kappa shape index (κ2) is 13.0. The minimum absolute atomic E-state index is 0.0296. The van der Waals surface area contributed by atoms with Gasteiger partial charge in [-0.25, -0.2) is 4.79 Å². The number of nitrogens with zero attached hydrogens (tertiary/aromatic N) is 2. The van der Waals surface area contributed by atoms with E-state index in [9.17, 15) is 4.79 Å². The normalized spacial score (nSPS) is 45.0. The van der Waals surface area contributed by atoms with Crippen LogP contribution in [-0.4, -0.2) is 59.5 Å². The van der Waals surface area contributed by atoms with Gasteiger partial charge in [-0.2, -0.15) is 0 Å². The van der Waals surface area contributed by atoms with Crippen molar-refractivity contribution in [3.63, 3.8) is 0 Å². The summed E-state index contributed by atoms with van der Waals surface area (Å²) in [6.07, 6.45) is 19.0. The molecule has 2 aromatic carbocycles. The Bertz CT molecular complexity index is 2430. The van der Waals surface area contributed by atoms with E-state index in [4.69, 9.17) is 15.2 Å². The molecule has 0 radical (unpaired) electrons. The maximum Gasteiger partial charge on any atom is 0.339 e. The number of piperidine rings is 3. The Morgan fingerprint density at radius 2 is 1.74 bits per heavy atom. The quantitative estimate of drug-likeness (QED) is 0.244. The third-order valence-corrected chi connectivity index (χ3v) is 20.7. The average Bonchev–Trinajstić information content (AvgIpc) is 3.71. The summed E-state index contributed by atoms with van der Waals surface area (Å²) in [5.74, 6) is 3.96. The Hall–Kier alpha value is -3.68. The summed E-state index contributed by atoms with van der Waals surface area (Å²) in [6.45, 7) is 8.04. The second-order valence-electron chi connectivity index (χ2n) is 22.8. The van der Waals surface area contributed by atoms with Crippen molar-refractivity contribution in [3.05, 3.63) is 105 Å². The lowest BCUT2D eigenvalue weighted by Gasteiger charge is -2.72. The monoisotopic (exact) mass is 831 g/mol. The van der Waals surface area contributed by atoms with E-state index in [2.05, 4.69) is 72.2 Å². The highest BCUT2D eigenvalue weighted by Gasteiger charge is 2.93. The van der Waals surface area contributed by atoms with E-state index in [1.54, 1.807) is 16.8 Å². The molecule has 8 aliphatic heterocycles. The van der Waals surface area contributed by atoms with Gasteiger partial charge in [-0.3, -0.25) is 9.69 Å². The SMILES string of the molecule is CC1CC2=C3C4C5=C6CC(Cc7cccc(c7)CCCCC7C68C(=O)OC(=CC6CCC9C%10CC(CN9C6C)C(CC2)N3C%10)C8(CC5)C72OC(=O)c3c(CCCN)cccc32)C14. The van der Waals surface area contributed by atoms with Crippen LogP contribution in [0, 0.1) is 58.2 Å². The largest absolute Gasteiger partial charge is 0.449 e. The summed E-state index contributed by atoms with van der Waals surface area (Å²) in [6, 6.07) is 17.6. The molecule has 1 saturated carbocycles. The van der Waals surface area contributed by atoms with Gasteiger partial charge in [0, 0.05) is 54.3 Å². The molecular weight excluding hydrogens is 767 g/mol. The molecule has 4 saturated heterocycles. The molecular formula is C55H65N3O4. The van der Waals surface area contributed by atoms with Crippen molar-refractivity contribution in [2.75, 3.05) is 19.6 Å². The van der Waals surface area contributed by atoms with E-state index < -0.39 is 16.4 Å². The van der Waals surface area contributed by atoms with Gasteiger partial charge in [0.2, 0.25) is 0 Å². The molecule has 5 fully saturated rings. The lowest BCUT2D eigenvalue weighted by atomic mass is 9.28. The van der Waals surface area contributed by atoms with Crippen molar-refractivity contribution >= 4 is 11.9 Å². The number of nitrogens with two attached hydrogens (primary N) is 1. The van der Waals surface area contributed by atoms with Crippen LogP contribution in [0.25, 0.3) is 0 Å². The number of rotatable bonds is 3. The number of fused-ring (bicyclic) bond motifs is 8. The van der Waals surface area contributed by atoms with E-state index in [1.807, 2.05) is 0 Å². The number of allylic oxidation sites excluding steroid dienone is 2. The lowest BCUT2D eigenvalue weighted by Crippen LogP contribution is -2.77. The van der Waals surface area contributed by atoms with Gasteiger partial charge < -0.3 is 20.1 Å². The molecule has 3 spiro atoms. The second-order valence-corrected chi connectivity index (χ2v) is 22.8. The average molecular weight is 832 g/mol. The maximum absolute atomic E-state index is 16.1. The van der Waals surface area contributed by atoms with Crippen molar-refractivity contribution in [2.24, 2.45) is 63.9 Å². The van der Waals surface area contributed by atoms with E-state index in [0.717, 1.165) is 93.1 Å². The summed E-state index contributed by atoms with van der Waals surface area (Å²) in [4.78, 5) is 37.0. The zero-order valence-electron chi connectivity index (χ0n) is 37.0. The van der Waals surface area contributed by atoms with E-state index in [1.165, 1.54) is 61.9 Å². The number of carbonyl (C=O) groups excluding carboxylic acids is 2. The van der Waals surface area contributed by atoms with Crippen LogP contribution < -0.4 is 5.73 Å². The zero-order chi connectivity index (χ0) is 41.4. The molecule has 7 nitrogen and oxygen atoms in total. The molecule has 5 aliphatic carbocycles. The van der Waals surface area contributed by atoms with Crippen LogP contribution >= 0.6 is 0 Å². The van der Waals surface area contributed by atoms with Gasteiger partial charge in [0.05, 0.1) is 11.0 Å². The summed E-state index contributed by atoms with van der Waals surface area (Å²) >= 11 is 0. The van der Waals surface area contributed by atoms with Crippen molar-refractivity contribution in [1.29, 1.82) is 0 Å². The van der Waals surface area contributed by atoms with Gasteiger partial charge in [0.15, 0.2) is 5.60 Å². The molecule has 14 bridgehead atoms. The minimum atomic E-state index is -0.964. The number of esters is 2. The number of aryl methyl sites for hydroxylation is 2. The summed E-state index contributed by atoms with van der Waals surface area (Å²) in [5.41, 5.74) is 15.7. The summed E-state index contributed by atoms with van der Waals surface area (Å²) in [7, 11) is 0. The Labute approximate surface area is 367 Å². The number of hydrogen-bond acceptors (Lipinski definition) is 7. The molecule has 62 heavy (non-hydrogen) atoms. The lowest BCUT2D eigenvalue weighted by molar-refractivity contribution is -0.278. The van der Waals surface area contributed by atoms with Crippen LogP contribution in [0.4, 0.5) is 0 Å². The molecule has 0 aromatic heterocycles. The molecule has 324 valence electrons. The first kappa shape index (κ1) is 37.7. The van der Waals surface area contributed by atoms with Crippen molar-refractivity contribution in [2.45, 2.75) is 140 Å². The van der Waals surface area contributed by atoms with Crippen LogP contribution in [0.15, 0.2) is 76.7 Å². The smallest absolute Gasteiger partial charge is 0.339 e. The van der Waals surface area contributed by atoms with Crippen molar-refractivity contribution < 1.29 is 19.1 Å². The fraction of sp³-hybridized carbons (Fsp3) is 0.636. The van der Waals surface area contributed by atoms with Gasteiger partial charge in [-0.1, -0.05) is 72.5 Å². The molecule has 15 unspecified atom stereocenters. The number of carbonyl (C=O) groups is 2. The first-order valence-electron chi connectivity index (χ1n) is 25.3. The van der Waals surface area contributed by atoms with Gasteiger partial charge in [0.1, 0.15) is 11.2 Å². The third kappa shape index (κ3) is 4.38. The number of hydrogen-bond donors (Lipinski definition) is 1. The fourth-order valence-corrected chi connectivity index (χ4v) is 18.8. The van der Waals surface area contributed by atoms with Gasteiger partial charge in [-0.15, -0.1) is 0 Å². The molecule has 7 heteroatoms. The first-order valence-corrected chi connectivity index (χ1v) is 25.3. The van der Waals surface area contributed by atoms with E-state index in [-0.39, 0.29) is 23.8 Å². The number of benzene rings is 2. The minimum Gasteiger partial charge on any atom is -0.449 e. The van der Waals surface area contributed by atoms with Crippen LogP contribution in [0.5, 0.6) is 0 Å². The molecule has 0 amide bonds. The summed E-state index contributed by atoms with van der Waals surface area (Å²) in [5, 5.41) is 0. The predicted molar refractivity (Wildman–Crippen MR) is 237 cm³/mol. The molecule has 2 N–H and O–H groups in total. The van der Waals surface area contributed by atoms with Crippen molar-refractivity contribution in [3.8, 4) is 0 Å². The molecule has 8 heterocycles. The molecule has 13 aliphatic rings. The maximum atomic E-state index is 16.1. The molecule has 15 rings (SSSR count). The Morgan fingerprint density at radius 3 is 2.65 bits per heavy atom. The van der Waals surface area contributed by atoms with E-state index in [0.29, 0.717) is 60.2 Å². The van der Waals surface area contributed by atoms with Crippen LogP contribution in [0.2, 0.25) is 0 Å². The van der Waals surface area contributed by atoms with Crippen molar-refractivity contribution in [1.82, 2.24) is 9.80 Å². The number of ether oxygens (including phenoxy) is 2. The van der Waals surface area contributed by atoms with Crippen LogP contribution in [0.1, 0.15) is 130 Å². The molecule has 15 atom stereocenters. The fourth-order valence-electron chi connectivity index (χ4n) is 18.8. The van der Waals surface area contributed by atoms with Gasteiger partial charge in [0.25, 0.3) is 0 Å². The first-order chi connectivity index (χ1) is 30.3. The zero-order valence-corrected chi connectivity index (χ0v) is 37.0. The highest BCUT2D eigenvalue weighted by Crippen LogP contribution is 2.87. The summed E-state index contributed by atoms with van der Waals surface area (Å²) < 4.78 is 14.5.